The van der Waals surface area contributed by atoms with E-state index < -0.39 is 23.7 Å². The molecule has 3 amide bonds. The van der Waals surface area contributed by atoms with Gasteiger partial charge in [-0.1, -0.05) is 19.3 Å². The lowest BCUT2D eigenvalue weighted by atomic mass is 9.83. The molecule has 0 bridgehead atoms. The van der Waals surface area contributed by atoms with E-state index in [9.17, 15) is 23.2 Å². The second-order valence-corrected chi connectivity index (χ2v) is 12.4. The van der Waals surface area contributed by atoms with Crippen LogP contribution in [0.5, 0.6) is 5.75 Å². The lowest BCUT2D eigenvalue weighted by Gasteiger charge is -2.39. The van der Waals surface area contributed by atoms with Crippen LogP contribution in [0.25, 0.3) is 10.9 Å². The first kappa shape index (κ1) is 38.4. The smallest absolute Gasteiger partial charge is 0.270 e. The molecule has 0 radical (unpaired) electrons. The maximum absolute atomic E-state index is 14.9. The summed E-state index contributed by atoms with van der Waals surface area (Å²) in [6.07, 6.45) is 4.92. The van der Waals surface area contributed by atoms with Crippen molar-refractivity contribution in [2.75, 3.05) is 86.1 Å². The van der Waals surface area contributed by atoms with E-state index in [2.05, 4.69) is 10.6 Å². The average Bonchev–Trinajstić information content (AvgIpc) is 3.45. The number of amides is 3. The number of hydrogen-bond donors (Lipinski definition) is 3. The van der Waals surface area contributed by atoms with Crippen molar-refractivity contribution in [1.29, 1.82) is 0 Å². The van der Waals surface area contributed by atoms with Gasteiger partial charge in [-0.25, -0.2) is 4.39 Å². The van der Waals surface area contributed by atoms with E-state index in [1.807, 2.05) is 0 Å². The maximum Gasteiger partial charge on any atom is 0.270 e. The van der Waals surface area contributed by atoms with Crippen molar-refractivity contribution in [2.45, 2.75) is 51.1 Å². The predicted molar refractivity (Wildman–Crippen MR) is 177 cm³/mol. The van der Waals surface area contributed by atoms with Crippen LogP contribution in [0, 0.1) is 17.6 Å². The summed E-state index contributed by atoms with van der Waals surface area (Å²) in [5, 5.41) is 14.9. The van der Waals surface area contributed by atoms with Crippen molar-refractivity contribution >= 4 is 28.6 Å². The third-order valence-corrected chi connectivity index (χ3v) is 9.26. The summed E-state index contributed by atoms with van der Waals surface area (Å²) in [6, 6.07) is 1.49. The van der Waals surface area contributed by atoms with Gasteiger partial charge < -0.3 is 49.1 Å². The van der Waals surface area contributed by atoms with Gasteiger partial charge in [-0.05, 0) is 38.8 Å². The summed E-state index contributed by atoms with van der Waals surface area (Å²) in [5.74, 6) is -3.17. The van der Waals surface area contributed by atoms with E-state index in [4.69, 9.17) is 24.1 Å². The lowest BCUT2D eigenvalue weighted by molar-refractivity contribution is -0.140. The molecule has 1 aromatic heterocycles. The Hall–Kier alpha value is -3.37. The molecule has 2 aromatic rings. The van der Waals surface area contributed by atoms with E-state index in [0.29, 0.717) is 38.4 Å². The Labute approximate surface area is 286 Å². The van der Waals surface area contributed by atoms with Crippen molar-refractivity contribution in [3.05, 3.63) is 29.5 Å². The number of nitrogens with zero attached hydrogens (tertiary/aromatic N) is 3. The number of likely N-dealkylation sites (N-methyl/N-ethyl adjacent to an activating group) is 1. The molecule has 0 spiro atoms. The van der Waals surface area contributed by atoms with E-state index in [0.717, 1.165) is 38.2 Å². The number of piperazine rings is 1. The summed E-state index contributed by atoms with van der Waals surface area (Å²) >= 11 is 0. The molecule has 1 unspecified atom stereocenters. The molecule has 1 saturated carbocycles. The number of fused-ring (bicyclic) bond motifs is 1. The van der Waals surface area contributed by atoms with Crippen LogP contribution in [-0.2, 0) is 30.8 Å². The Morgan fingerprint density at radius 3 is 2.10 bits per heavy atom. The summed E-state index contributed by atoms with van der Waals surface area (Å²) in [7, 11) is 3.31. The fraction of sp³-hybridized carbons (Fsp3) is 0.676. The zero-order valence-corrected chi connectivity index (χ0v) is 28.8. The zero-order chi connectivity index (χ0) is 35.3. The van der Waals surface area contributed by atoms with Crippen LogP contribution in [0.15, 0.2) is 12.1 Å². The number of aryl methyl sites for hydroxylation is 1. The van der Waals surface area contributed by atoms with E-state index in [1.165, 1.54) is 10.6 Å². The molecule has 2 heterocycles. The summed E-state index contributed by atoms with van der Waals surface area (Å²) in [4.78, 5) is 43.6. The van der Waals surface area contributed by atoms with Gasteiger partial charge in [0.1, 0.15) is 18.3 Å². The largest absolute Gasteiger partial charge is 0.487 e. The fourth-order valence-electron chi connectivity index (χ4n) is 6.29. The van der Waals surface area contributed by atoms with Gasteiger partial charge in [0.25, 0.3) is 5.91 Å². The molecular weight excluding hydrogens is 644 g/mol. The SMILES string of the molecule is CNC(C)C(=O)N[C@H](C(=O)N1CCN(C(=O)c2cc3c(OCCOCCOCCOCCO)c(F)c(F)cc3n2C)CC1)C1CCCCC1. The number of benzene rings is 1. The molecule has 4 rings (SSSR count). The molecule has 15 heteroatoms. The Bertz CT molecular complexity index is 1390. The molecule has 13 nitrogen and oxygen atoms in total. The number of carbonyl (C=O) groups excluding carboxylic acids is 3. The molecule has 49 heavy (non-hydrogen) atoms. The maximum atomic E-state index is 14.9. The van der Waals surface area contributed by atoms with Crippen LogP contribution in [0.1, 0.15) is 49.5 Å². The van der Waals surface area contributed by atoms with Gasteiger partial charge in [-0.3, -0.25) is 14.4 Å². The highest BCUT2D eigenvalue weighted by molar-refractivity contribution is 6.00. The highest BCUT2D eigenvalue weighted by Crippen LogP contribution is 2.34. The minimum Gasteiger partial charge on any atom is -0.487 e. The first-order chi connectivity index (χ1) is 23.7. The Morgan fingerprint density at radius 1 is 0.898 bits per heavy atom. The van der Waals surface area contributed by atoms with Gasteiger partial charge in [0, 0.05) is 44.7 Å². The molecule has 1 aliphatic carbocycles. The van der Waals surface area contributed by atoms with E-state index in [1.54, 1.807) is 30.8 Å². The zero-order valence-electron chi connectivity index (χ0n) is 28.8. The quantitative estimate of drug-likeness (QED) is 0.199. The topological polar surface area (TPSA) is 144 Å². The van der Waals surface area contributed by atoms with Gasteiger partial charge in [0.15, 0.2) is 11.6 Å². The molecular formula is C34H51F2N5O8. The molecule has 1 saturated heterocycles. The lowest BCUT2D eigenvalue weighted by Crippen LogP contribution is -2.59. The van der Waals surface area contributed by atoms with Crippen LogP contribution in [-0.4, -0.2) is 135 Å². The van der Waals surface area contributed by atoms with E-state index in [-0.39, 0.29) is 86.6 Å². The summed E-state index contributed by atoms with van der Waals surface area (Å²) < 4.78 is 52.6. The number of hydrogen-bond acceptors (Lipinski definition) is 9. The second kappa shape index (κ2) is 19.1. The number of aromatic nitrogens is 1. The van der Waals surface area contributed by atoms with Crippen molar-refractivity contribution < 1.29 is 47.2 Å². The molecule has 274 valence electrons. The number of halogens is 2. The first-order valence-corrected chi connectivity index (χ1v) is 17.2. The molecule has 2 aliphatic rings. The monoisotopic (exact) mass is 695 g/mol. The highest BCUT2D eigenvalue weighted by Gasteiger charge is 2.36. The fourth-order valence-corrected chi connectivity index (χ4v) is 6.29. The number of nitrogens with one attached hydrogen (secondary N) is 2. The summed E-state index contributed by atoms with van der Waals surface area (Å²) in [5.41, 5.74) is 0.528. The molecule has 1 aliphatic heterocycles. The van der Waals surface area contributed by atoms with Gasteiger partial charge in [-0.15, -0.1) is 0 Å². The predicted octanol–water partition coefficient (Wildman–Crippen LogP) is 1.83. The second-order valence-electron chi connectivity index (χ2n) is 12.4. The van der Waals surface area contributed by atoms with Crippen molar-refractivity contribution in [3.8, 4) is 5.75 Å². The van der Waals surface area contributed by atoms with Gasteiger partial charge in [-0.2, -0.15) is 4.39 Å². The number of aliphatic hydroxyl groups is 1. The van der Waals surface area contributed by atoms with E-state index >= 15 is 0 Å². The number of aliphatic hydroxyl groups excluding tert-OH is 1. The third-order valence-electron chi connectivity index (χ3n) is 9.26. The molecule has 2 fully saturated rings. The van der Waals surface area contributed by atoms with Gasteiger partial charge >= 0.3 is 0 Å². The highest BCUT2D eigenvalue weighted by atomic mass is 19.2. The van der Waals surface area contributed by atoms with Crippen molar-refractivity contribution in [2.24, 2.45) is 13.0 Å². The Balaban J connectivity index is 1.35. The molecule has 2 atom stereocenters. The van der Waals surface area contributed by atoms with Crippen LogP contribution in [0.4, 0.5) is 8.78 Å². The van der Waals surface area contributed by atoms with Gasteiger partial charge in [0.05, 0.1) is 57.8 Å². The standard InChI is InChI=1S/C34H51F2N5O8/c1-23(37-2)32(43)38-30(24-7-5-4-6-8-24)34(45)41-11-9-40(10-12-41)33(44)28-21-25-27(39(28)3)22-26(35)29(36)31(25)49-20-19-48-18-17-47-16-15-46-14-13-42/h21-24,30,37,42H,4-20H2,1-3H3,(H,38,43)/t23?,30-/m0/s1. The summed E-state index contributed by atoms with van der Waals surface area (Å²) in [6.45, 7) is 4.42. The number of carbonyl (C=O) groups is 3. The van der Waals surface area contributed by atoms with Crippen LogP contribution < -0.4 is 15.4 Å². The Morgan fingerprint density at radius 2 is 1.49 bits per heavy atom. The van der Waals surface area contributed by atoms with Crippen molar-refractivity contribution in [1.82, 2.24) is 25.0 Å². The van der Waals surface area contributed by atoms with Crippen LogP contribution in [0.3, 0.4) is 0 Å². The number of rotatable bonds is 18. The van der Waals surface area contributed by atoms with Crippen molar-refractivity contribution in [3.63, 3.8) is 0 Å². The normalized spacial score (nSPS) is 16.9. The first-order valence-electron chi connectivity index (χ1n) is 17.2. The molecule has 1 aromatic carbocycles. The average molecular weight is 696 g/mol. The Kier molecular flexibility index (Phi) is 15.0. The third kappa shape index (κ3) is 10.1. The minimum atomic E-state index is -1.15. The van der Waals surface area contributed by atoms with Crippen LogP contribution >= 0.6 is 0 Å². The van der Waals surface area contributed by atoms with Gasteiger partial charge in [0.2, 0.25) is 17.6 Å². The molecule has 3 N–H and O–H groups in total. The van der Waals surface area contributed by atoms with Crippen LogP contribution in [0.2, 0.25) is 0 Å². The number of ether oxygens (including phenoxy) is 4. The minimum absolute atomic E-state index is 0.0513.